The van der Waals surface area contributed by atoms with Gasteiger partial charge in [0.2, 0.25) is 0 Å². The highest BCUT2D eigenvalue weighted by atomic mass is 19.2. The van der Waals surface area contributed by atoms with Gasteiger partial charge in [0.25, 0.3) is 0 Å². The van der Waals surface area contributed by atoms with E-state index in [9.17, 15) is 23.1 Å². The van der Waals surface area contributed by atoms with Crippen LogP contribution >= 0.6 is 0 Å². The van der Waals surface area contributed by atoms with Crippen molar-refractivity contribution in [2.75, 3.05) is 5.32 Å². The fraction of sp³-hybridized carbons (Fsp3) is 0.235. The highest BCUT2D eigenvalue weighted by Crippen LogP contribution is 2.19. The van der Waals surface area contributed by atoms with E-state index >= 15 is 0 Å². The lowest BCUT2D eigenvalue weighted by atomic mass is 10.0. The monoisotopic (exact) mass is 338 g/mol. The Morgan fingerprint density at radius 2 is 1.71 bits per heavy atom. The van der Waals surface area contributed by atoms with Gasteiger partial charge in [0.15, 0.2) is 11.6 Å². The fourth-order valence-corrected chi connectivity index (χ4v) is 2.21. The van der Waals surface area contributed by atoms with Crippen LogP contribution in [0.3, 0.4) is 0 Å². The van der Waals surface area contributed by atoms with E-state index < -0.39 is 41.3 Å². The van der Waals surface area contributed by atoms with Gasteiger partial charge >= 0.3 is 6.03 Å². The summed E-state index contributed by atoms with van der Waals surface area (Å²) in [5, 5.41) is 14.7. The van der Waals surface area contributed by atoms with Gasteiger partial charge in [-0.2, -0.15) is 0 Å². The number of aliphatic hydroxyl groups excluding tert-OH is 1. The molecule has 0 fully saturated rings. The van der Waals surface area contributed by atoms with Crippen molar-refractivity contribution < 1.29 is 23.1 Å². The molecule has 2 aromatic carbocycles. The molecule has 0 aromatic heterocycles. The molecule has 7 heteroatoms. The van der Waals surface area contributed by atoms with Crippen LogP contribution in [0.5, 0.6) is 0 Å². The molecule has 2 rings (SSSR count). The zero-order valence-electron chi connectivity index (χ0n) is 12.9. The third-order valence-electron chi connectivity index (χ3n) is 3.40. The summed E-state index contributed by atoms with van der Waals surface area (Å²) in [6, 6.07) is 8.61. The van der Waals surface area contributed by atoms with Crippen molar-refractivity contribution in [2.45, 2.75) is 25.5 Å². The Bertz CT molecular complexity index is 710. The van der Waals surface area contributed by atoms with Crippen molar-refractivity contribution >= 4 is 11.7 Å². The predicted octanol–water partition coefficient (Wildman–Crippen LogP) is 3.74. The van der Waals surface area contributed by atoms with Crippen LogP contribution in [0.4, 0.5) is 23.7 Å². The number of carbonyl (C=O) groups is 1. The molecule has 0 heterocycles. The normalized spacial score (nSPS) is 13.2. The molecular weight excluding hydrogens is 321 g/mol. The van der Waals surface area contributed by atoms with Crippen LogP contribution in [-0.2, 0) is 0 Å². The Kier molecular flexibility index (Phi) is 5.81. The summed E-state index contributed by atoms with van der Waals surface area (Å²) in [4.78, 5) is 11.8. The molecule has 0 saturated carbocycles. The van der Waals surface area contributed by atoms with Gasteiger partial charge in [-0.25, -0.2) is 18.0 Å². The van der Waals surface area contributed by atoms with Crippen LogP contribution in [0.2, 0.25) is 0 Å². The van der Waals surface area contributed by atoms with Crippen LogP contribution in [-0.4, -0.2) is 17.2 Å². The number of rotatable bonds is 5. The minimum Gasteiger partial charge on any atom is -0.388 e. The Morgan fingerprint density at radius 3 is 2.38 bits per heavy atom. The Labute approximate surface area is 137 Å². The number of nitrogens with one attached hydrogen (secondary N) is 2. The number of benzene rings is 2. The van der Waals surface area contributed by atoms with E-state index in [1.165, 1.54) is 0 Å². The summed E-state index contributed by atoms with van der Waals surface area (Å²) in [6.45, 7) is 1.66. The number of amides is 2. The molecule has 2 unspecified atom stereocenters. The number of carbonyl (C=O) groups excluding carboxylic acids is 1. The van der Waals surface area contributed by atoms with E-state index in [1.807, 2.05) is 6.07 Å². The average Bonchev–Trinajstić information content (AvgIpc) is 2.53. The summed E-state index contributed by atoms with van der Waals surface area (Å²) >= 11 is 0. The molecule has 0 aliphatic rings. The lowest BCUT2D eigenvalue weighted by molar-refractivity contribution is 0.155. The number of urea groups is 1. The molecule has 4 nitrogen and oxygen atoms in total. The molecule has 2 amide bonds. The van der Waals surface area contributed by atoms with Gasteiger partial charge < -0.3 is 15.7 Å². The topological polar surface area (TPSA) is 61.4 Å². The second kappa shape index (κ2) is 7.83. The van der Waals surface area contributed by atoms with Gasteiger partial charge in [-0.15, -0.1) is 0 Å². The first kappa shape index (κ1) is 17.8. The molecule has 3 N–H and O–H groups in total. The standard InChI is InChI=1S/C17H17F3N2O2/c1-10(7-16(23)11-5-3-2-4-6-11)21-17(24)22-15-9-13(19)12(18)8-14(15)20/h2-6,8-10,16,23H,7H2,1H3,(H2,21,22,24). The predicted molar refractivity (Wildman–Crippen MR) is 84.0 cm³/mol. The first-order chi connectivity index (χ1) is 11.4. The maximum Gasteiger partial charge on any atom is 0.319 e. The van der Waals surface area contributed by atoms with Crippen LogP contribution in [0.1, 0.15) is 25.0 Å². The number of hydrogen-bond donors (Lipinski definition) is 3. The second-order valence-electron chi connectivity index (χ2n) is 5.41. The molecule has 0 aliphatic carbocycles. The van der Waals surface area contributed by atoms with Gasteiger partial charge in [0.05, 0.1) is 11.8 Å². The molecule has 128 valence electrons. The van der Waals surface area contributed by atoms with E-state index in [0.29, 0.717) is 17.7 Å². The zero-order chi connectivity index (χ0) is 17.7. The van der Waals surface area contributed by atoms with E-state index in [1.54, 1.807) is 31.2 Å². The highest BCUT2D eigenvalue weighted by molar-refractivity contribution is 5.89. The summed E-state index contributed by atoms with van der Waals surface area (Å²) < 4.78 is 39.4. The lowest BCUT2D eigenvalue weighted by Crippen LogP contribution is -2.37. The van der Waals surface area contributed by atoms with E-state index in [4.69, 9.17) is 0 Å². The lowest BCUT2D eigenvalue weighted by Gasteiger charge is -2.18. The minimum atomic E-state index is -1.34. The minimum absolute atomic E-state index is 0.234. The van der Waals surface area contributed by atoms with Crippen LogP contribution < -0.4 is 10.6 Å². The number of anilines is 1. The van der Waals surface area contributed by atoms with Crippen molar-refractivity contribution in [2.24, 2.45) is 0 Å². The third kappa shape index (κ3) is 4.73. The van der Waals surface area contributed by atoms with E-state index in [-0.39, 0.29) is 6.42 Å². The second-order valence-corrected chi connectivity index (χ2v) is 5.41. The Balaban J connectivity index is 1.91. The van der Waals surface area contributed by atoms with Crippen molar-refractivity contribution in [3.63, 3.8) is 0 Å². The van der Waals surface area contributed by atoms with E-state index in [0.717, 1.165) is 0 Å². The molecule has 24 heavy (non-hydrogen) atoms. The summed E-state index contributed by atoms with van der Waals surface area (Å²) in [6.07, 6.45) is -0.543. The molecular formula is C17H17F3N2O2. The van der Waals surface area contributed by atoms with Crippen LogP contribution in [0.15, 0.2) is 42.5 Å². The van der Waals surface area contributed by atoms with Crippen molar-refractivity contribution in [3.05, 3.63) is 65.5 Å². The highest BCUT2D eigenvalue weighted by Gasteiger charge is 2.16. The fourth-order valence-electron chi connectivity index (χ4n) is 2.21. The summed E-state index contributed by atoms with van der Waals surface area (Å²) in [5.41, 5.74) is 0.236. The SMILES string of the molecule is CC(CC(O)c1ccccc1)NC(=O)Nc1cc(F)c(F)cc1F. The van der Waals surface area contributed by atoms with Gasteiger partial charge in [0, 0.05) is 18.2 Å². The number of aliphatic hydroxyl groups is 1. The quantitative estimate of drug-likeness (QED) is 0.728. The maximum atomic E-state index is 13.5. The van der Waals surface area contributed by atoms with Gasteiger partial charge in [-0.3, -0.25) is 0 Å². The van der Waals surface area contributed by atoms with Crippen LogP contribution in [0.25, 0.3) is 0 Å². The Morgan fingerprint density at radius 1 is 1.08 bits per heavy atom. The maximum absolute atomic E-state index is 13.5. The number of halogens is 3. The van der Waals surface area contributed by atoms with Crippen molar-refractivity contribution in [1.29, 1.82) is 0 Å². The molecule has 2 atom stereocenters. The molecule has 2 aromatic rings. The third-order valence-corrected chi connectivity index (χ3v) is 3.40. The van der Waals surface area contributed by atoms with Crippen molar-refractivity contribution in [1.82, 2.24) is 5.32 Å². The largest absolute Gasteiger partial charge is 0.388 e. The Hall–Kier alpha value is -2.54. The number of hydrogen-bond acceptors (Lipinski definition) is 2. The smallest absolute Gasteiger partial charge is 0.319 e. The van der Waals surface area contributed by atoms with Gasteiger partial charge in [0.1, 0.15) is 5.82 Å². The van der Waals surface area contributed by atoms with E-state index in [2.05, 4.69) is 10.6 Å². The molecule has 0 spiro atoms. The van der Waals surface area contributed by atoms with Gasteiger partial charge in [-0.05, 0) is 18.9 Å². The first-order valence-corrected chi connectivity index (χ1v) is 7.32. The molecule has 0 saturated heterocycles. The summed E-state index contributed by atoms with van der Waals surface area (Å²) in [5.74, 6) is -3.68. The van der Waals surface area contributed by atoms with Crippen LogP contribution in [0, 0.1) is 17.5 Å². The summed E-state index contributed by atoms with van der Waals surface area (Å²) in [7, 11) is 0. The van der Waals surface area contributed by atoms with Gasteiger partial charge in [-0.1, -0.05) is 30.3 Å². The van der Waals surface area contributed by atoms with Crippen molar-refractivity contribution in [3.8, 4) is 0 Å². The first-order valence-electron chi connectivity index (χ1n) is 7.32. The average molecular weight is 338 g/mol. The molecule has 0 aliphatic heterocycles. The molecule has 0 bridgehead atoms. The molecule has 0 radical (unpaired) electrons. The zero-order valence-corrected chi connectivity index (χ0v) is 12.9.